The van der Waals surface area contributed by atoms with Crippen LogP contribution >= 0.6 is 23.8 Å². The van der Waals surface area contributed by atoms with Crippen LogP contribution in [0.15, 0.2) is 6.33 Å². The molecule has 0 aromatic carbocycles. The molecule has 0 spiro atoms. The Morgan fingerprint density at radius 1 is 1.67 bits per heavy atom. The monoisotopic (exact) mass is 246 g/mol. The molecule has 0 fully saturated rings. The van der Waals surface area contributed by atoms with Crippen LogP contribution in [0.3, 0.4) is 0 Å². The molecule has 0 aliphatic rings. The van der Waals surface area contributed by atoms with Crippen LogP contribution in [0.2, 0.25) is 0 Å². The lowest BCUT2D eigenvalue weighted by molar-refractivity contribution is 0.205. The molecule has 2 N–H and O–H groups in total. The Bertz CT molecular complexity index is 291. The molecule has 0 bridgehead atoms. The topological polar surface area (TPSA) is 64.3 Å². The van der Waals surface area contributed by atoms with Crippen LogP contribution in [0.1, 0.15) is 6.42 Å². The molecule has 0 aliphatic heterocycles. The van der Waals surface area contributed by atoms with Crippen molar-refractivity contribution in [2.45, 2.75) is 6.42 Å². The summed E-state index contributed by atoms with van der Waals surface area (Å²) in [5.74, 6) is 0. The minimum absolute atomic E-state index is 0.516. The average molecular weight is 246 g/mol. The fourth-order valence-electron chi connectivity index (χ4n) is 1.06. The van der Waals surface area contributed by atoms with Crippen molar-refractivity contribution in [3.05, 3.63) is 6.33 Å². The normalized spacial score (nSPS) is 10.2. The van der Waals surface area contributed by atoms with Crippen LogP contribution in [-0.2, 0) is 4.74 Å². The number of ether oxygens (including phenoxy) is 1. The van der Waals surface area contributed by atoms with Gasteiger partial charge < -0.3 is 15.4 Å². The van der Waals surface area contributed by atoms with E-state index < -0.39 is 0 Å². The summed E-state index contributed by atoms with van der Waals surface area (Å²) in [5.41, 5.74) is 5.46. The van der Waals surface area contributed by atoms with E-state index in [4.69, 9.17) is 22.7 Å². The minimum atomic E-state index is 0.516. The predicted octanol–water partition coefficient (Wildman–Crippen LogP) is 0.667. The van der Waals surface area contributed by atoms with E-state index >= 15 is 0 Å². The minimum Gasteiger partial charge on any atom is -0.393 e. The van der Waals surface area contributed by atoms with Gasteiger partial charge >= 0.3 is 0 Å². The first-order valence-electron chi connectivity index (χ1n) is 4.53. The molecule has 0 atom stereocenters. The summed E-state index contributed by atoms with van der Waals surface area (Å²) >= 11 is 6.20. The summed E-state index contributed by atoms with van der Waals surface area (Å²) in [5, 5.41) is 0.878. The third-order valence-electron chi connectivity index (χ3n) is 1.81. The number of aromatic nitrogens is 2. The molecule has 15 heavy (non-hydrogen) atoms. The number of thiocarbonyl (C=S) groups is 1. The highest BCUT2D eigenvalue weighted by Gasteiger charge is 2.09. The first-order chi connectivity index (χ1) is 7.24. The van der Waals surface area contributed by atoms with Gasteiger partial charge in [0.2, 0.25) is 5.13 Å². The van der Waals surface area contributed by atoms with Crippen LogP contribution in [0, 0.1) is 0 Å². The van der Waals surface area contributed by atoms with E-state index in [1.54, 1.807) is 13.4 Å². The van der Waals surface area contributed by atoms with E-state index in [9.17, 15) is 0 Å². The van der Waals surface area contributed by atoms with E-state index in [1.807, 2.05) is 0 Å². The van der Waals surface area contributed by atoms with Crippen LogP contribution in [0.25, 0.3) is 0 Å². The van der Waals surface area contributed by atoms with Crippen molar-refractivity contribution in [3.8, 4) is 0 Å². The second-order valence-electron chi connectivity index (χ2n) is 2.92. The van der Waals surface area contributed by atoms with Gasteiger partial charge in [-0.05, 0) is 0 Å². The van der Waals surface area contributed by atoms with Crippen molar-refractivity contribution in [2.24, 2.45) is 5.73 Å². The molecule has 0 saturated heterocycles. The summed E-state index contributed by atoms with van der Waals surface area (Å²) in [6.07, 6.45) is 2.22. The van der Waals surface area contributed by atoms with Crippen LogP contribution in [-0.4, -0.2) is 41.2 Å². The van der Waals surface area contributed by atoms with Crippen molar-refractivity contribution < 1.29 is 4.74 Å². The summed E-state index contributed by atoms with van der Waals surface area (Å²) < 4.78 is 8.99. The Kier molecular flexibility index (Phi) is 5.44. The lowest BCUT2D eigenvalue weighted by Gasteiger charge is -2.20. The molecule has 0 amide bonds. The predicted molar refractivity (Wildman–Crippen MR) is 65.4 cm³/mol. The van der Waals surface area contributed by atoms with Crippen molar-refractivity contribution >= 4 is 33.9 Å². The number of nitrogens with zero attached hydrogens (tertiary/aromatic N) is 3. The first kappa shape index (κ1) is 12.3. The van der Waals surface area contributed by atoms with E-state index in [-0.39, 0.29) is 0 Å². The molecule has 1 aromatic heterocycles. The van der Waals surface area contributed by atoms with E-state index in [0.717, 1.165) is 18.2 Å². The van der Waals surface area contributed by atoms with Crippen molar-refractivity contribution in [1.29, 1.82) is 0 Å². The van der Waals surface area contributed by atoms with Crippen LogP contribution in [0.5, 0.6) is 0 Å². The van der Waals surface area contributed by atoms with Crippen LogP contribution < -0.4 is 10.6 Å². The molecule has 7 heteroatoms. The number of hydrogen-bond acceptors (Lipinski definition) is 6. The SMILES string of the molecule is COCCN(CCC(N)=S)c1ncns1. The Morgan fingerprint density at radius 2 is 2.47 bits per heavy atom. The highest BCUT2D eigenvalue weighted by molar-refractivity contribution is 7.80. The average Bonchev–Trinajstić information content (AvgIpc) is 2.71. The highest BCUT2D eigenvalue weighted by Crippen LogP contribution is 2.14. The van der Waals surface area contributed by atoms with Crippen molar-refractivity contribution in [1.82, 2.24) is 9.36 Å². The summed E-state index contributed by atoms with van der Waals surface area (Å²) in [6.45, 7) is 2.18. The zero-order valence-corrected chi connectivity index (χ0v) is 10.2. The zero-order valence-electron chi connectivity index (χ0n) is 8.55. The lowest BCUT2D eigenvalue weighted by atomic mass is 10.4. The number of methoxy groups -OCH3 is 1. The number of hydrogen-bond donors (Lipinski definition) is 1. The van der Waals surface area contributed by atoms with E-state index in [0.29, 0.717) is 18.0 Å². The maximum Gasteiger partial charge on any atom is 0.205 e. The third kappa shape index (κ3) is 4.50. The molecule has 5 nitrogen and oxygen atoms in total. The fraction of sp³-hybridized carbons (Fsp3) is 0.625. The van der Waals surface area contributed by atoms with Gasteiger partial charge in [0.1, 0.15) is 6.33 Å². The van der Waals surface area contributed by atoms with Gasteiger partial charge in [0.05, 0.1) is 11.6 Å². The summed E-state index contributed by atoms with van der Waals surface area (Å²) in [7, 11) is 1.67. The molecule has 84 valence electrons. The fourth-order valence-corrected chi connectivity index (χ4v) is 1.73. The maximum absolute atomic E-state index is 5.46. The number of rotatable bonds is 7. The molecule has 1 rings (SSSR count). The third-order valence-corrected chi connectivity index (χ3v) is 2.74. The molecule has 0 aliphatic carbocycles. The zero-order chi connectivity index (χ0) is 11.1. The lowest BCUT2D eigenvalue weighted by Crippen LogP contribution is -2.30. The molecule has 1 heterocycles. The van der Waals surface area contributed by atoms with Gasteiger partial charge in [-0.15, -0.1) is 0 Å². The molecule has 0 saturated carbocycles. The standard InChI is InChI=1S/C8H14N4OS2/c1-13-5-4-12(3-2-7(9)14)8-10-6-11-15-8/h6H,2-5H2,1H3,(H2,9,14). The number of anilines is 1. The van der Waals surface area contributed by atoms with Gasteiger partial charge in [0.15, 0.2) is 0 Å². The molecular formula is C8H14N4OS2. The van der Waals surface area contributed by atoms with Crippen molar-refractivity contribution in [2.75, 3.05) is 31.7 Å². The molecule has 0 radical (unpaired) electrons. The Labute approximate surface area is 98.4 Å². The van der Waals surface area contributed by atoms with Crippen LogP contribution in [0.4, 0.5) is 5.13 Å². The quantitative estimate of drug-likeness (QED) is 0.713. The van der Waals surface area contributed by atoms with E-state index in [1.165, 1.54) is 11.5 Å². The Morgan fingerprint density at radius 3 is 3.00 bits per heavy atom. The highest BCUT2D eigenvalue weighted by atomic mass is 32.1. The second-order valence-corrected chi connectivity index (χ2v) is 4.20. The second kappa shape index (κ2) is 6.65. The Hall–Kier alpha value is -0.790. The molecular weight excluding hydrogens is 232 g/mol. The van der Waals surface area contributed by atoms with Gasteiger partial charge in [0, 0.05) is 38.2 Å². The maximum atomic E-state index is 5.46. The van der Waals surface area contributed by atoms with E-state index in [2.05, 4.69) is 14.3 Å². The van der Waals surface area contributed by atoms with Gasteiger partial charge in [-0.1, -0.05) is 12.2 Å². The Balaban J connectivity index is 2.49. The molecule has 0 unspecified atom stereocenters. The summed E-state index contributed by atoms with van der Waals surface area (Å²) in [6, 6.07) is 0. The van der Waals surface area contributed by atoms with Gasteiger partial charge in [-0.25, -0.2) is 4.98 Å². The molecule has 1 aromatic rings. The first-order valence-corrected chi connectivity index (χ1v) is 5.71. The van der Waals surface area contributed by atoms with Gasteiger partial charge in [-0.2, -0.15) is 4.37 Å². The van der Waals surface area contributed by atoms with Crippen molar-refractivity contribution in [3.63, 3.8) is 0 Å². The van der Waals surface area contributed by atoms with Gasteiger partial charge in [0.25, 0.3) is 0 Å². The smallest absolute Gasteiger partial charge is 0.205 e. The number of nitrogens with two attached hydrogens (primary N) is 1. The summed E-state index contributed by atoms with van der Waals surface area (Å²) in [4.78, 5) is 6.73. The van der Waals surface area contributed by atoms with Gasteiger partial charge in [-0.3, -0.25) is 0 Å². The largest absolute Gasteiger partial charge is 0.393 e.